The number of benzene rings is 1. The summed E-state index contributed by atoms with van der Waals surface area (Å²) in [5.41, 5.74) is 7.13. The Bertz CT molecular complexity index is 538. The monoisotopic (exact) mass is 303 g/mol. The Labute approximate surface area is 131 Å². The highest BCUT2D eigenvalue weighted by atomic mass is 16.5. The van der Waals surface area contributed by atoms with Gasteiger partial charge in [0.05, 0.1) is 24.8 Å². The Morgan fingerprint density at radius 1 is 1.41 bits per heavy atom. The molecule has 1 saturated carbocycles. The van der Waals surface area contributed by atoms with Crippen LogP contribution in [0.5, 0.6) is 5.75 Å². The van der Waals surface area contributed by atoms with E-state index in [-0.39, 0.29) is 11.6 Å². The van der Waals surface area contributed by atoms with Crippen LogP contribution in [-0.4, -0.2) is 31.8 Å². The van der Waals surface area contributed by atoms with Gasteiger partial charge in [-0.05, 0) is 18.9 Å². The minimum absolute atomic E-state index is 0.111. The van der Waals surface area contributed by atoms with Gasteiger partial charge in [-0.2, -0.15) is 0 Å². The van der Waals surface area contributed by atoms with E-state index in [0.29, 0.717) is 19.1 Å². The molecule has 1 aromatic rings. The quantitative estimate of drug-likeness (QED) is 0.662. The molecule has 3 N–H and O–H groups in total. The number of nitrogens with one attached hydrogen (secondary N) is 1. The third kappa shape index (κ3) is 3.19. The van der Waals surface area contributed by atoms with Gasteiger partial charge in [0.15, 0.2) is 5.96 Å². The summed E-state index contributed by atoms with van der Waals surface area (Å²) in [6.45, 7) is 1.33. The van der Waals surface area contributed by atoms with Crippen molar-refractivity contribution in [1.82, 2.24) is 5.32 Å². The number of fused-ring (bicyclic) bond motifs is 1. The van der Waals surface area contributed by atoms with Crippen LogP contribution in [-0.2, 0) is 4.74 Å². The molecule has 5 heteroatoms. The lowest BCUT2D eigenvalue weighted by atomic mass is 10.0. The molecule has 0 radical (unpaired) electrons. The van der Waals surface area contributed by atoms with E-state index < -0.39 is 0 Å². The summed E-state index contributed by atoms with van der Waals surface area (Å²) in [6, 6.07) is 8.24. The zero-order chi connectivity index (χ0) is 15.4. The van der Waals surface area contributed by atoms with E-state index in [1.54, 1.807) is 7.11 Å². The summed E-state index contributed by atoms with van der Waals surface area (Å²) < 4.78 is 11.4. The second kappa shape index (κ2) is 6.57. The Morgan fingerprint density at radius 3 is 2.95 bits per heavy atom. The molecule has 1 fully saturated rings. The molecule has 1 aliphatic heterocycles. The molecule has 120 valence electrons. The summed E-state index contributed by atoms with van der Waals surface area (Å²) in [5, 5.41) is 3.33. The van der Waals surface area contributed by atoms with E-state index in [2.05, 4.69) is 16.4 Å². The lowest BCUT2D eigenvalue weighted by Gasteiger charge is -2.28. The molecule has 0 amide bonds. The standard InChI is InChI=1S/C17H25N3O2/c1-21-17(9-4-5-10-17)12-19-16(18)20-14-8-11-22-15-7-3-2-6-13(14)15/h2-3,6-7,14H,4-5,8-12H2,1H3,(H3,18,19,20). The van der Waals surface area contributed by atoms with Crippen molar-refractivity contribution >= 4 is 5.96 Å². The predicted octanol–water partition coefficient (Wildman–Crippen LogP) is 2.37. The molecule has 1 aromatic carbocycles. The normalized spacial score (nSPS) is 23.7. The first-order valence-electron chi connectivity index (χ1n) is 8.06. The third-order valence-corrected chi connectivity index (χ3v) is 4.77. The van der Waals surface area contributed by atoms with Gasteiger partial charge >= 0.3 is 0 Å². The minimum Gasteiger partial charge on any atom is -0.493 e. The summed E-state index contributed by atoms with van der Waals surface area (Å²) in [6.07, 6.45) is 5.46. The number of para-hydroxylation sites is 1. The van der Waals surface area contributed by atoms with Crippen LogP contribution >= 0.6 is 0 Å². The molecule has 1 heterocycles. The number of rotatable bonds is 4. The van der Waals surface area contributed by atoms with Crippen LogP contribution < -0.4 is 15.8 Å². The predicted molar refractivity (Wildman–Crippen MR) is 87.1 cm³/mol. The van der Waals surface area contributed by atoms with Crippen molar-refractivity contribution in [3.63, 3.8) is 0 Å². The SMILES string of the molecule is COC1(CN=C(N)NC2CCOc3ccccc32)CCCC1. The van der Waals surface area contributed by atoms with Crippen LogP contribution in [0.2, 0.25) is 0 Å². The molecule has 22 heavy (non-hydrogen) atoms. The summed E-state index contributed by atoms with van der Waals surface area (Å²) in [5.74, 6) is 1.42. The zero-order valence-electron chi connectivity index (χ0n) is 13.2. The first-order valence-corrected chi connectivity index (χ1v) is 8.06. The second-order valence-electron chi connectivity index (χ2n) is 6.17. The van der Waals surface area contributed by atoms with Crippen molar-refractivity contribution in [1.29, 1.82) is 0 Å². The van der Waals surface area contributed by atoms with Gasteiger partial charge in [-0.3, -0.25) is 4.99 Å². The largest absolute Gasteiger partial charge is 0.493 e. The number of hydrogen-bond acceptors (Lipinski definition) is 3. The van der Waals surface area contributed by atoms with E-state index in [1.165, 1.54) is 12.8 Å². The van der Waals surface area contributed by atoms with Crippen molar-refractivity contribution in [2.75, 3.05) is 20.3 Å². The topological polar surface area (TPSA) is 68.9 Å². The molecule has 0 saturated heterocycles. The molecule has 1 atom stereocenters. The summed E-state index contributed by atoms with van der Waals surface area (Å²) in [7, 11) is 1.78. The van der Waals surface area contributed by atoms with Gasteiger partial charge in [0, 0.05) is 19.1 Å². The zero-order valence-corrected chi connectivity index (χ0v) is 13.2. The van der Waals surface area contributed by atoms with Crippen molar-refractivity contribution in [2.45, 2.75) is 43.7 Å². The second-order valence-corrected chi connectivity index (χ2v) is 6.17. The van der Waals surface area contributed by atoms with Crippen molar-refractivity contribution < 1.29 is 9.47 Å². The van der Waals surface area contributed by atoms with E-state index >= 15 is 0 Å². The van der Waals surface area contributed by atoms with E-state index in [9.17, 15) is 0 Å². The molecule has 1 aliphatic carbocycles. The molecule has 0 aromatic heterocycles. The Kier molecular flexibility index (Phi) is 4.52. The van der Waals surface area contributed by atoms with Gasteiger partial charge in [-0.1, -0.05) is 31.0 Å². The fourth-order valence-electron chi connectivity index (χ4n) is 3.39. The molecule has 3 rings (SSSR count). The van der Waals surface area contributed by atoms with E-state index in [1.807, 2.05) is 18.2 Å². The molecule has 5 nitrogen and oxygen atoms in total. The van der Waals surface area contributed by atoms with Crippen LogP contribution in [0, 0.1) is 0 Å². The fraction of sp³-hybridized carbons (Fsp3) is 0.588. The first kappa shape index (κ1) is 15.2. The number of guanidine groups is 1. The average Bonchev–Trinajstić information content (AvgIpc) is 3.03. The number of nitrogens with zero attached hydrogens (tertiary/aromatic N) is 1. The highest BCUT2D eigenvalue weighted by Crippen LogP contribution is 2.33. The lowest BCUT2D eigenvalue weighted by Crippen LogP contribution is -2.39. The third-order valence-electron chi connectivity index (χ3n) is 4.77. The Morgan fingerprint density at radius 2 is 2.18 bits per heavy atom. The van der Waals surface area contributed by atoms with E-state index in [0.717, 1.165) is 30.6 Å². The number of aliphatic imine (C=N–C) groups is 1. The average molecular weight is 303 g/mol. The lowest BCUT2D eigenvalue weighted by molar-refractivity contribution is 0.00422. The van der Waals surface area contributed by atoms with E-state index in [4.69, 9.17) is 15.2 Å². The fourth-order valence-corrected chi connectivity index (χ4v) is 3.39. The Hall–Kier alpha value is -1.75. The summed E-state index contributed by atoms with van der Waals surface area (Å²) >= 11 is 0. The maximum absolute atomic E-state index is 6.10. The van der Waals surface area contributed by atoms with Gasteiger partial charge in [-0.15, -0.1) is 0 Å². The van der Waals surface area contributed by atoms with Gasteiger partial charge in [0.1, 0.15) is 5.75 Å². The molecule has 1 unspecified atom stereocenters. The van der Waals surface area contributed by atoms with Crippen molar-refractivity contribution in [2.24, 2.45) is 10.7 Å². The highest BCUT2D eigenvalue weighted by molar-refractivity contribution is 5.78. The van der Waals surface area contributed by atoms with Crippen molar-refractivity contribution in [3.05, 3.63) is 29.8 Å². The number of methoxy groups -OCH3 is 1. The highest BCUT2D eigenvalue weighted by Gasteiger charge is 2.33. The number of hydrogen-bond donors (Lipinski definition) is 2. The maximum atomic E-state index is 6.10. The molecule has 0 spiro atoms. The molecular formula is C17H25N3O2. The van der Waals surface area contributed by atoms with Crippen LogP contribution in [0.3, 0.4) is 0 Å². The summed E-state index contributed by atoms with van der Waals surface area (Å²) in [4.78, 5) is 4.53. The van der Waals surface area contributed by atoms with Crippen molar-refractivity contribution in [3.8, 4) is 5.75 Å². The van der Waals surface area contributed by atoms with Gasteiger partial charge in [-0.25, -0.2) is 0 Å². The maximum Gasteiger partial charge on any atom is 0.189 e. The van der Waals surface area contributed by atoms with Gasteiger partial charge < -0.3 is 20.5 Å². The first-order chi connectivity index (χ1) is 10.7. The van der Waals surface area contributed by atoms with Crippen LogP contribution in [0.15, 0.2) is 29.3 Å². The van der Waals surface area contributed by atoms with Crippen LogP contribution in [0.4, 0.5) is 0 Å². The number of ether oxygens (including phenoxy) is 2. The smallest absolute Gasteiger partial charge is 0.189 e. The molecular weight excluding hydrogens is 278 g/mol. The minimum atomic E-state index is -0.111. The number of nitrogens with two attached hydrogens (primary N) is 1. The molecule has 0 bridgehead atoms. The van der Waals surface area contributed by atoms with Crippen LogP contribution in [0.1, 0.15) is 43.7 Å². The molecule has 2 aliphatic rings. The van der Waals surface area contributed by atoms with Gasteiger partial charge in [0.2, 0.25) is 0 Å². The Balaban J connectivity index is 1.64. The van der Waals surface area contributed by atoms with Gasteiger partial charge in [0.25, 0.3) is 0 Å². The van der Waals surface area contributed by atoms with Crippen LogP contribution in [0.25, 0.3) is 0 Å².